The molecule has 0 spiro atoms. The topological polar surface area (TPSA) is 0 Å². The van der Waals surface area contributed by atoms with Gasteiger partial charge < -0.3 is 0 Å². The molecule has 2 atom stereocenters. The third-order valence-electron chi connectivity index (χ3n) is 10.9. The molecule has 5 heteroatoms. The van der Waals surface area contributed by atoms with Crippen molar-refractivity contribution in [1.29, 1.82) is 0 Å². The van der Waals surface area contributed by atoms with Crippen LogP contribution in [0.25, 0.3) is 22.3 Å². The van der Waals surface area contributed by atoms with E-state index < -0.39 is 33.2 Å². The monoisotopic (exact) mass is 672 g/mol. The zero-order valence-electron chi connectivity index (χ0n) is 25.6. The third-order valence-corrected chi connectivity index (χ3v) is 22.9. The summed E-state index contributed by atoms with van der Waals surface area (Å²) in [4.78, 5) is 0. The van der Waals surface area contributed by atoms with Crippen molar-refractivity contribution >= 4 is 34.8 Å². The molecule has 0 N–H and O–H groups in total. The molecule has 4 aromatic rings. The number of fused-ring (bicyclic) bond motifs is 6. The summed E-state index contributed by atoms with van der Waals surface area (Å²) in [7, 11) is 7.49. The summed E-state index contributed by atoms with van der Waals surface area (Å²) in [6.07, 6.45) is 5.64. The van der Waals surface area contributed by atoms with E-state index in [0.29, 0.717) is 0 Å². The Morgan fingerprint density at radius 2 is 0.977 bits per heavy atom. The standard InChI is InChI=1S/2C19H21Si.2ClH.Ti/c2*1-2-12-20(13-7-14-20)19-17-10-5-3-8-15(17)16-9-4-6-11-18(16)19;;;/h2*3-6,8-10,19H,2,7,12-14H2,1H3;2*1H;/q2*-1;;;+2/p-2. The molecule has 0 bridgehead atoms. The first-order valence-corrected chi connectivity index (χ1v) is 26.0. The number of benzene rings is 4. The van der Waals surface area contributed by atoms with Crippen LogP contribution in [-0.4, -0.2) is 16.1 Å². The van der Waals surface area contributed by atoms with Crippen LogP contribution in [0.15, 0.2) is 84.9 Å². The molecule has 0 saturated carbocycles. The molecule has 0 nitrogen and oxygen atoms in total. The minimum absolute atomic E-state index is 0.556. The Morgan fingerprint density at radius 3 is 1.33 bits per heavy atom. The molecule has 2 aliphatic carbocycles. The van der Waals surface area contributed by atoms with Crippen molar-refractivity contribution in [3.63, 3.8) is 0 Å². The van der Waals surface area contributed by atoms with E-state index in [1.54, 1.807) is 11.1 Å². The quantitative estimate of drug-likeness (QED) is 0.141. The van der Waals surface area contributed by atoms with Crippen molar-refractivity contribution < 1.29 is 17.0 Å². The fraction of sp³-hybridized carbons (Fsp3) is 0.368. The molecule has 4 aliphatic rings. The molecule has 0 radical (unpaired) electrons. The zero-order chi connectivity index (χ0) is 29.9. The van der Waals surface area contributed by atoms with Crippen molar-refractivity contribution in [2.24, 2.45) is 0 Å². The summed E-state index contributed by atoms with van der Waals surface area (Å²) < 4.78 is 0. The van der Waals surface area contributed by atoms with Gasteiger partial charge in [-0.1, -0.05) is 135 Å². The van der Waals surface area contributed by atoms with E-state index in [4.69, 9.17) is 18.6 Å². The van der Waals surface area contributed by atoms with Gasteiger partial charge in [-0.3, -0.25) is 0 Å². The van der Waals surface area contributed by atoms with Crippen LogP contribution < -0.4 is 0 Å². The second-order valence-electron chi connectivity index (χ2n) is 13.0. The van der Waals surface area contributed by atoms with Crippen LogP contribution in [0.2, 0.25) is 36.3 Å². The summed E-state index contributed by atoms with van der Waals surface area (Å²) >= 11 is -0.556. The fourth-order valence-corrected chi connectivity index (χ4v) is 19.8. The Balaban J connectivity index is 0.000000141. The van der Waals surface area contributed by atoms with Gasteiger partial charge in [0.25, 0.3) is 0 Å². The second-order valence-corrected chi connectivity index (χ2v) is 25.2. The first kappa shape index (κ1) is 31.6. The van der Waals surface area contributed by atoms with Gasteiger partial charge in [-0.25, -0.2) is 0 Å². The van der Waals surface area contributed by atoms with Crippen molar-refractivity contribution in [2.75, 3.05) is 0 Å². The fourth-order valence-electron chi connectivity index (χ4n) is 9.04. The zero-order valence-corrected chi connectivity index (χ0v) is 30.6. The Morgan fingerprint density at radius 1 is 0.605 bits per heavy atom. The molecule has 2 heterocycles. The van der Waals surface area contributed by atoms with Crippen LogP contribution in [0.5, 0.6) is 0 Å². The van der Waals surface area contributed by atoms with Crippen LogP contribution in [0.1, 0.15) is 72.9 Å². The van der Waals surface area contributed by atoms with Gasteiger partial charge in [-0.05, 0) is 22.2 Å². The third kappa shape index (κ3) is 5.75. The van der Waals surface area contributed by atoms with Crippen molar-refractivity contribution in [2.45, 2.75) is 86.9 Å². The van der Waals surface area contributed by atoms with Crippen molar-refractivity contribution in [3.8, 4) is 22.3 Å². The first-order valence-electron chi connectivity index (χ1n) is 16.3. The number of hydrogen-bond donors (Lipinski definition) is 0. The van der Waals surface area contributed by atoms with E-state index in [0.717, 1.165) is 11.1 Å². The molecule has 2 unspecified atom stereocenters. The Hall–Kier alpha value is -1.39. The molecular formula is C38H42Cl2Si2Ti-2. The molecule has 8 rings (SSSR count). The minimum atomic E-state index is -1.14. The van der Waals surface area contributed by atoms with Crippen molar-refractivity contribution in [1.82, 2.24) is 0 Å². The van der Waals surface area contributed by atoms with E-state index in [9.17, 15) is 0 Å². The van der Waals surface area contributed by atoms with E-state index in [1.165, 1.54) is 95.3 Å². The molecule has 2 saturated heterocycles. The first-order chi connectivity index (χ1) is 21.1. The van der Waals surface area contributed by atoms with Gasteiger partial charge in [0.2, 0.25) is 0 Å². The van der Waals surface area contributed by atoms with Crippen LogP contribution in [-0.2, 0) is 17.0 Å². The van der Waals surface area contributed by atoms with E-state index in [2.05, 4.69) is 111 Å². The average Bonchev–Trinajstić information content (AvgIpc) is 3.52. The van der Waals surface area contributed by atoms with Crippen LogP contribution in [0.3, 0.4) is 0 Å². The van der Waals surface area contributed by atoms with Gasteiger partial charge in [0.05, 0.1) is 16.1 Å². The molecule has 222 valence electrons. The molecular weight excluding hydrogens is 631 g/mol. The summed E-state index contributed by atoms with van der Waals surface area (Å²) in [5.41, 5.74) is 13.6. The normalized spacial score (nSPS) is 20.7. The predicted molar refractivity (Wildman–Crippen MR) is 187 cm³/mol. The van der Waals surface area contributed by atoms with E-state index in [1.807, 2.05) is 0 Å². The predicted octanol–water partition coefficient (Wildman–Crippen LogP) is 12.2. The SMILES string of the molecule is CCC[Si]1(C2c3[c-]cccc3-c3ccccc32)CCC1.CCC[Si]1(C2c3[c-]cccc3-c3ccccc32)CCC1.[Cl][Ti][Cl]. The summed E-state index contributed by atoms with van der Waals surface area (Å²) in [6, 6.07) is 47.7. The van der Waals surface area contributed by atoms with Gasteiger partial charge in [0, 0.05) is 0 Å². The summed E-state index contributed by atoms with van der Waals surface area (Å²) in [5, 5.41) is 0. The van der Waals surface area contributed by atoms with E-state index in [-0.39, 0.29) is 0 Å². The number of halogens is 2. The van der Waals surface area contributed by atoms with Gasteiger partial charge in [0.15, 0.2) is 0 Å². The van der Waals surface area contributed by atoms with E-state index >= 15 is 0 Å². The van der Waals surface area contributed by atoms with Crippen LogP contribution in [0.4, 0.5) is 0 Å². The van der Waals surface area contributed by atoms with Crippen LogP contribution >= 0.6 is 18.6 Å². The number of rotatable bonds is 6. The molecule has 0 amide bonds. The summed E-state index contributed by atoms with van der Waals surface area (Å²) in [5.74, 6) is 0. The van der Waals surface area contributed by atoms with Crippen LogP contribution in [0, 0.1) is 12.1 Å². The van der Waals surface area contributed by atoms with Crippen molar-refractivity contribution in [3.05, 3.63) is 119 Å². The van der Waals surface area contributed by atoms with Gasteiger partial charge in [-0.15, -0.1) is 22.3 Å². The molecule has 4 aromatic carbocycles. The number of hydrogen-bond acceptors (Lipinski definition) is 0. The maximum atomic E-state index is 4.89. The molecule has 2 aliphatic heterocycles. The van der Waals surface area contributed by atoms with Gasteiger partial charge in [0.1, 0.15) is 0 Å². The molecule has 2 fully saturated rings. The second kappa shape index (κ2) is 13.9. The molecule has 0 aromatic heterocycles. The van der Waals surface area contributed by atoms with Gasteiger partial charge >= 0.3 is 35.6 Å². The van der Waals surface area contributed by atoms with Gasteiger partial charge in [-0.2, -0.15) is 48.5 Å². The molecule has 43 heavy (non-hydrogen) atoms. The maximum absolute atomic E-state index is 4.89. The Labute approximate surface area is 278 Å². The Bertz CT molecular complexity index is 1340. The summed E-state index contributed by atoms with van der Waals surface area (Å²) in [6.45, 7) is 4.73. The average molecular weight is 674 g/mol. The Kier molecular flexibility index (Phi) is 10.2.